The van der Waals surface area contributed by atoms with Gasteiger partial charge in [0.2, 0.25) is 0 Å². The molecule has 0 spiro atoms. The molecule has 0 saturated carbocycles. The predicted molar refractivity (Wildman–Crippen MR) is 82.9 cm³/mol. The quantitative estimate of drug-likeness (QED) is 0.787. The van der Waals surface area contributed by atoms with E-state index in [2.05, 4.69) is 0 Å². The van der Waals surface area contributed by atoms with E-state index >= 15 is 0 Å². The van der Waals surface area contributed by atoms with Crippen LogP contribution in [0.5, 0.6) is 11.5 Å². The molecule has 2 aromatic carbocycles. The average molecular weight is 308 g/mol. The third-order valence-electron chi connectivity index (χ3n) is 3.06. The van der Waals surface area contributed by atoms with Gasteiger partial charge in [0.1, 0.15) is 41.6 Å². The van der Waals surface area contributed by atoms with E-state index in [1.54, 1.807) is 25.3 Å². The Morgan fingerprint density at radius 3 is 2.43 bits per heavy atom. The Morgan fingerprint density at radius 2 is 1.83 bits per heavy atom. The highest BCUT2D eigenvalue weighted by molar-refractivity contribution is 5.63. The first-order chi connectivity index (χ1) is 11.2. The molecule has 2 rings (SSSR count). The number of nitriles is 2. The number of rotatable bonds is 5. The first kappa shape index (κ1) is 16.1. The molecule has 0 N–H and O–H groups in total. The smallest absolute Gasteiger partial charge is 0.130 e. The van der Waals surface area contributed by atoms with Crippen LogP contribution in [0.25, 0.3) is 6.08 Å². The van der Waals surface area contributed by atoms with E-state index in [4.69, 9.17) is 20.0 Å². The SMILES string of the molecule is COc1ccc(C=C(C#N)C#N)cc1COc1ccc(F)cc1. The van der Waals surface area contributed by atoms with Crippen LogP contribution in [-0.4, -0.2) is 7.11 Å². The van der Waals surface area contributed by atoms with E-state index in [0.717, 1.165) is 5.56 Å². The molecule has 0 fully saturated rings. The molecule has 0 bridgehead atoms. The van der Waals surface area contributed by atoms with Crippen LogP contribution in [0.3, 0.4) is 0 Å². The van der Waals surface area contributed by atoms with Crippen molar-refractivity contribution in [3.05, 3.63) is 65.0 Å². The summed E-state index contributed by atoms with van der Waals surface area (Å²) in [4.78, 5) is 0. The maximum absolute atomic E-state index is 12.9. The summed E-state index contributed by atoms with van der Waals surface area (Å²) in [6.45, 7) is 0.213. The number of halogens is 1. The molecule has 0 aliphatic carbocycles. The highest BCUT2D eigenvalue weighted by atomic mass is 19.1. The number of methoxy groups -OCH3 is 1. The summed E-state index contributed by atoms with van der Waals surface area (Å²) in [6, 6.07) is 14.6. The van der Waals surface area contributed by atoms with E-state index < -0.39 is 0 Å². The summed E-state index contributed by atoms with van der Waals surface area (Å²) in [6.07, 6.45) is 1.49. The zero-order valence-corrected chi connectivity index (χ0v) is 12.4. The Morgan fingerprint density at radius 1 is 1.13 bits per heavy atom. The Labute approximate surface area is 133 Å². The number of hydrogen-bond acceptors (Lipinski definition) is 4. The maximum Gasteiger partial charge on any atom is 0.130 e. The topological polar surface area (TPSA) is 66.0 Å². The Balaban J connectivity index is 2.22. The van der Waals surface area contributed by atoms with Crippen LogP contribution in [0.4, 0.5) is 4.39 Å². The largest absolute Gasteiger partial charge is 0.496 e. The molecule has 0 radical (unpaired) electrons. The lowest BCUT2D eigenvalue weighted by Crippen LogP contribution is -1.99. The van der Waals surface area contributed by atoms with Gasteiger partial charge in [-0.15, -0.1) is 0 Å². The molecule has 0 unspecified atom stereocenters. The summed E-state index contributed by atoms with van der Waals surface area (Å²) in [7, 11) is 1.54. The zero-order valence-electron chi connectivity index (χ0n) is 12.4. The fourth-order valence-corrected chi connectivity index (χ4v) is 1.95. The standard InChI is InChI=1S/C18H13FN2O2/c1-22-18-7-2-13(8-14(10-20)11-21)9-15(18)12-23-17-5-3-16(19)4-6-17/h2-9H,12H2,1H3. The fraction of sp³-hybridized carbons (Fsp3) is 0.111. The highest BCUT2D eigenvalue weighted by Crippen LogP contribution is 2.23. The Kier molecular flexibility index (Phi) is 5.33. The lowest BCUT2D eigenvalue weighted by atomic mass is 10.1. The van der Waals surface area contributed by atoms with Crippen LogP contribution in [0.1, 0.15) is 11.1 Å². The summed E-state index contributed by atoms with van der Waals surface area (Å²) in [5, 5.41) is 17.6. The molecule has 2 aromatic rings. The van der Waals surface area contributed by atoms with Gasteiger partial charge < -0.3 is 9.47 Å². The molecule has 23 heavy (non-hydrogen) atoms. The van der Waals surface area contributed by atoms with Crippen molar-refractivity contribution in [2.24, 2.45) is 0 Å². The van der Waals surface area contributed by atoms with Crippen molar-refractivity contribution in [2.75, 3.05) is 7.11 Å². The summed E-state index contributed by atoms with van der Waals surface area (Å²) >= 11 is 0. The number of hydrogen-bond donors (Lipinski definition) is 0. The molecular weight excluding hydrogens is 295 g/mol. The molecular formula is C18H13FN2O2. The molecule has 0 aliphatic heterocycles. The highest BCUT2D eigenvalue weighted by Gasteiger charge is 2.06. The van der Waals surface area contributed by atoms with Crippen molar-refractivity contribution < 1.29 is 13.9 Å². The average Bonchev–Trinajstić information content (AvgIpc) is 2.59. The van der Waals surface area contributed by atoms with Gasteiger partial charge in [0.15, 0.2) is 0 Å². The van der Waals surface area contributed by atoms with Gasteiger partial charge in [-0.25, -0.2) is 4.39 Å². The first-order valence-corrected chi connectivity index (χ1v) is 6.73. The van der Waals surface area contributed by atoms with Crippen molar-refractivity contribution >= 4 is 6.08 Å². The summed E-state index contributed by atoms with van der Waals surface area (Å²) in [5.74, 6) is 0.825. The van der Waals surface area contributed by atoms with Crippen molar-refractivity contribution in [3.8, 4) is 23.6 Å². The fourth-order valence-electron chi connectivity index (χ4n) is 1.95. The van der Waals surface area contributed by atoms with Gasteiger partial charge in [0.05, 0.1) is 7.11 Å². The minimum atomic E-state index is -0.331. The molecule has 0 amide bonds. The molecule has 4 nitrogen and oxygen atoms in total. The number of ether oxygens (including phenoxy) is 2. The summed E-state index contributed by atoms with van der Waals surface area (Å²) < 4.78 is 23.8. The van der Waals surface area contributed by atoms with Gasteiger partial charge >= 0.3 is 0 Å². The van der Waals surface area contributed by atoms with Crippen LogP contribution in [0, 0.1) is 28.5 Å². The van der Waals surface area contributed by atoms with Crippen LogP contribution in [-0.2, 0) is 6.61 Å². The maximum atomic E-state index is 12.9. The Bertz CT molecular complexity index is 783. The number of benzene rings is 2. The minimum absolute atomic E-state index is 0.0144. The predicted octanol–water partition coefficient (Wildman–Crippen LogP) is 3.84. The van der Waals surface area contributed by atoms with Crippen LogP contribution >= 0.6 is 0 Å². The van der Waals surface area contributed by atoms with Crippen molar-refractivity contribution in [1.82, 2.24) is 0 Å². The normalized spacial score (nSPS) is 9.39. The molecule has 0 aliphatic rings. The van der Waals surface area contributed by atoms with Crippen molar-refractivity contribution in [2.45, 2.75) is 6.61 Å². The first-order valence-electron chi connectivity index (χ1n) is 6.73. The van der Waals surface area contributed by atoms with E-state index in [0.29, 0.717) is 17.1 Å². The van der Waals surface area contributed by atoms with Gasteiger partial charge in [-0.2, -0.15) is 10.5 Å². The van der Waals surface area contributed by atoms with Gasteiger partial charge in [-0.05, 0) is 48.0 Å². The van der Waals surface area contributed by atoms with Gasteiger partial charge in [-0.3, -0.25) is 0 Å². The molecule has 0 atom stereocenters. The van der Waals surface area contributed by atoms with E-state index in [-0.39, 0.29) is 18.0 Å². The van der Waals surface area contributed by atoms with Crippen LogP contribution in [0.15, 0.2) is 48.0 Å². The van der Waals surface area contributed by atoms with Gasteiger partial charge in [0, 0.05) is 5.56 Å². The third kappa shape index (κ3) is 4.33. The van der Waals surface area contributed by atoms with E-state index in [1.165, 1.54) is 30.3 Å². The van der Waals surface area contributed by atoms with Gasteiger partial charge in [-0.1, -0.05) is 6.07 Å². The van der Waals surface area contributed by atoms with Crippen molar-refractivity contribution in [3.63, 3.8) is 0 Å². The number of allylic oxidation sites excluding steroid dienone is 1. The molecule has 0 heterocycles. The van der Waals surface area contributed by atoms with Gasteiger partial charge in [0.25, 0.3) is 0 Å². The van der Waals surface area contributed by atoms with Crippen LogP contribution in [0.2, 0.25) is 0 Å². The number of nitrogens with zero attached hydrogens (tertiary/aromatic N) is 2. The minimum Gasteiger partial charge on any atom is -0.496 e. The van der Waals surface area contributed by atoms with E-state index in [9.17, 15) is 4.39 Å². The lowest BCUT2D eigenvalue weighted by Gasteiger charge is -2.11. The van der Waals surface area contributed by atoms with Crippen LogP contribution < -0.4 is 9.47 Å². The lowest BCUT2D eigenvalue weighted by molar-refractivity contribution is 0.296. The van der Waals surface area contributed by atoms with E-state index in [1.807, 2.05) is 12.1 Å². The molecule has 0 saturated heterocycles. The molecule has 0 aromatic heterocycles. The molecule has 5 heteroatoms. The Hall–Kier alpha value is -3.31. The second-order valence-electron chi connectivity index (χ2n) is 4.60. The second-order valence-corrected chi connectivity index (χ2v) is 4.60. The van der Waals surface area contributed by atoms with Crippen molar-refractivity contribution in [1.29, 1.82) is 10.5 Å². The second kappa shape index (κ2) is 7.63. The monoisotopic (exact) mass is 308 g/mol. The molecule has 114 valence electrons. The third-order valence-corrected chi connectivity index (χ3v) is 3.06. The summed E-state index contributed by atoms with van der Waals surface area (Å²) in [5.41, 5.74) is 1.46. The zero-order chi connectivity index (χ0) is 16.7.